The fourth-order valence-corrected chi connectivity index (χ4v) is 2.34. The number of rotatable bonds is 8. The maximum absolute atomic E-state index is 12.6. The Morgan fingerprint density at radius 2 is 1.75 bits per heavy atom. The van der Waals surface area contributed by atoms with Gasteiger partial charge in [0.2, 0.25) is 0 Å². The summed E-state index contributed by atoms with van der Waals surface area (Å²) in [6.45, 7) is 5.41. The smallest absolute Gasteiger partial charge is 0.324 e. The molecule has 0 heterocycles. The zero-order valence-electron chi connectivity index (χ0n) is 14.7. The first-order valence-corrected chi connectivity index (χ1v) is 7.91. The van der Waals surface area contributed by atoms with Gasteiger partial charge in [-0.2, -0.15) is 0 Å². The van der Waals surface area contributed by atoms with E-state index >= 15 is 0 Å². The van der Waals surface area contributed by atoms with Crippen LogP contribution in [0.5, 0.6) is 5.75 Å². The van der Waals surface area contributed by atoms with Gasteiger partial charge in [0.15, 0.2) is 5.41 Å². The van der Waals surface area contributed by atoms with Crippen LogP contribution in [0.4, 0.5) is 0 Å². The van der Waals surface area contributed by atoms with E-state index in [1.807, 2.05) is 6.07 Å². The third-order valence-electron chi connectivity index (χ3n) is 3.54. The summed E-state index contributed by atoms with van der Waals surface area (Å²) >= 11 is 0. The predicted octanol–water partition coefficient (Wildman–Crippen LogP) is 2.76. The molecule has 0 aromatic heterocycles. The summed E-state index contributed by atoms with van der Waals surface area (Å²) in [6, 6.07) is 7.22. The highest BCUT2D eigenvalue weighted by molar-refractivity contribution is 6.00. The lowest BCUT2D eigenvalue weighted by Gasteiger charge is -2.27. The van der Waals surface area contributed by atoms with Gasteiger partial charge in [-0.15, -0.1) is 11.8 Å². The summed E-state index contributed by atoms with van der Waals surface area (Å²) in [7, 11) is 1.56. The fraction of sp³-hybridized carbons (Fsp3) is 0.474. The summed E-state index contributed by atoms with van der Waals surface area (Å²) in [6.07, 6.45) is 0.176. The van der Waals surface area contributed by atoms with Crippen molar-refractivity contribution in [3.05, 3.63) is 29.8 Å². The molecule has 130 valence electrons. The Hall–Kier alpha value is -2.48. The summed E-state index contributed by atoms with van der Waals surface area (Å²) in [4.78, 5) is 25.2. The van der Waals surface area contributed by atoms with Crippen LogP contribution >= 0.6 is 0 Å². The molecule has 0 radical (unpaired) electrons. The van der Waals surface area contributed by atoms with Gasteiger partial charge in [-0.3, -0.25) is 9.59 Å². The normalized spacial score (nSPS) is 10.3. The quantitative estimate of drug-likeness (QED) is 0.416. The Labute approximate surface area is 143 Å². The molecule has 0 fully saturated rings. The highest BCUT2D eigenvalue weighted by Gasteiger charge is 2.48. The van der Waals surface area contributed by atoms with E-state index < -0.39 is 17.4 Å². The molecule has 0 saturated carbocycles. The van der Waals surface area contributed by atoms with Crippen molar-refractivity contribution in [2.24, 2.45) is 5.41 Å². The topological polar surface area (TPSA) is 61.8 Å². The molecule has 1 aromatic carbocycles. The van der Waals surface area contributed by atoms with E-state index in [1.165, 1.54) is 0 Å². The van der Waals surface area contributed by atoms with Crippen molar-refractivity contribution in [2.45, 2.75) is 33.6 Å². The summed E-state index contributed by atoms with van der Waals surface area (Å²) < 4.78 is 15.5. The first-order chi connectivity index (χ1) is 11.5. The lowest BCUT2D eigenvalue weighted by molar-refractivity contribution is -0.171. The van der Waals surface area contributed by atoms with Crippen LogP contribution in [-0.4, -0.2) is 32.3 Å². The van der Waals surface area contributed by atoms with Crippen LogP contribution in [0.25, 0.3) is 0 Å². The second-order valence-electron chi connectivity index (χ2n) is 5.15. The molecule has 0 spiro atoms. The minimum absolute atomic E-state index is 0.0401. The molecule has 0 atom stereocenters. The number of carbonyl (C=O) groups is 2. The van der Waals surface area contributed by atoms with Gasteiger partial charge in [-0.05, 0) is 38.5 Å². The molecule has 1 rings (SSSR count). The van der Waals surface area contributed by atoms with Crippen molar-refractivity contribution in [1.29, 1.82) is 0 Å². The Morgan fingerprint density at radius 3 is 2.25 bits per heavy atom. The molecule has 0 aliphatic heterocycles. The lowest BCUT2D eigenvalue weighted by Crippen LogP contribution is -2.43. The van der Waals surface area contributed by atoms with Gasteiger partial charge in [0.1, 0.15) is 5.75 Å². The zero-order valence-corrected chi connectivity index (χ0v) is 14.7. The monoisotopic (exact) mass is 332 g/mol. The molecular formula is C19H24O5. The van der Waals surface area contributed by atoms with Crippen molar-refractivity contribution in [3.8, 4) is 17.6 Å². The molecule has 0 bridgehead atoms. The molecule has 5 nitrogen and oxygen atoms in total. The molecule has 0 saturated heterocycles. The van der Waals surface area contributed by atoms with Crippen LogP contribution in [0.15, 0.2) is 24.3 Å². The van der Waals surface area contributed by atoms with Crippen LogP contribution < -0.4 is 4.74 Å². The fourth-order valence-electron chi connectivity index (χ4n) is 2.34. The average Bonchev–Trinajstić information content (AvgIpc) is 2.59. The van der Waals surface area contributed by atoms with Crippen LogP contribution in [-0.2, 0) is 25.5 Å². The number of hydrogen-bond donors (Lipinski definition) is 0. The maximum atomic E-state index is 12.6. The molecule has 5 heteroatoms. The van der Waals surface area contributed by atoms with Crippen molar-refractivity contribution in [1.82, 2.24) is 0 Å². The average molecular weight is 332 g/mol. The van der Waals surface area contributed by atoms with Gasteiger partial charge in [0, 0.05) is 12.8 Å². The third kappa shape index (κ3) is 4.76. The number of hydrogen-bond acceptors (Lipinski definition) is 5. The first kappa shape index (κ1) is 19.6. The molecule has 0 aliphatic rings. The van der Waals surface area contributed by atoms with Crippen LogP contribution in [0.1, 0.15) is 32.8 Å². The van der Waals surface area contributed by atoms with E-state index in [0.717, 1.165) is 5.56 Å². The Bertz CT molecular complexity index is 606. The van der Waals surface area contributed by atoms with Crippen molar-refractivity contribution in [2.75, 3.05) is 20.3 Å². The predicted molar refractivity (Wildman–Crippen MR) is 90.5 cm³/mol. The largest absolute Gasteiger partial charge is 0.497 e. The lowest BCUT2D eigenvalue weighted by atomic mass is 9.78. The van der Waals surface area contributed by atoms with E-state index in [0.29, 0.717) is 5.75 Å². The molecule has 0 aliphatic carbocycles. The van der Waals surface area contributed by atoms with Gasteiger partial charge >= 0.3 is 11.9 Å². The Kier molecular flexibility index (Phi) is 7.84. The number of carbonyl (C=O) groups excluding carboxylic acids is 2. The maximum Gasteiger partial charge on any atom is 0.324 e. The van der Waals surface area contributed by atoms with E-state index in [-0.39, 0.29) is 26.1 Å². The van der Waals surface area contributed by atoms with Crippen molar-refractivity contribution in [3.63, 3.8) is 0 Å². The number of benzene rings is 1. The second kappa shape index (κ2) is 9.61. The highest BCUT2D eigenvalue weighted by Crippen LogP contribution is 2.32. The van der Waals surface area contributed by atoms with Crippen LogP contribution in [0.2, 0.25) is 0 Å². The van der Waals surface area contributed by atoms with Crippen molar-refractivity contribution < 1.29 is 23.8 Å². The molecule has 0 unspecified atom stereocenters. The van der Waals surface area contributed by atoms with Crippen molar-refractivity contribution >= 4 is 11.9 Å². The summed E-state index contributed by atoms with van der Waals surface area (Å²) in [5.74, 6) is 4.98. The van der Waals surface area contributed by atoms with Gasteiger partial charge in [-0.1, -0.05) is 12.1 Å². The summed E-state index contributed by atoms with van der Waals surface area (Å²) in [5, 5.41) is 0. The van der Waals surface area contributed by atoms with E-state index in [1.54, 1.807) is 46.1 Å². The zero-order chi connectivity index (χ0) is 18.0. The molecule has 0 N–H and O–H groups in total. The highest BCUT2D eigenvalue weighted by atomic mass is 16.6. The molecule has 0 amide bonds. The van der Waals surface area contributed by atoms with Crippen LogP contribution in [0, 0.1) is 17.3 Å². The molecule has 24 heavy (non-hydrogen) atoms. The standard InChI is InChI=1S/C19H24O5/c1-5-8-12-19(17(20)23-6-2,18(21)24-7-3)14-15-10-9-11-16(13-15)22-4/h9-11,13H,6-7,12,14H2,1-4H3. The third-order valence-corrected chi connectivity index (χ3v) is 3.54. The number of methoxy groups -OCH3 is 1. The van der Waals surface area contributed by atoms with Gasteiger partial charge < -0.3 is 14.2 Å². The number of ether oxygens (including phenoxy) is 3. The minimum Gasteiger partial charge on any atom is -0.497 e. The van der Waals surface area contributed by atoms with Gasteiger partial charge in [0.05, 0.1) is 20.3 Å². The SMILES string of the molecule is CC#CCC(Cc1cccc(OC)c1)(C(=O)OCC)C(=O)OCC. The van der Waals surface area contributed by atoms with Gasteiger partial charge in [0.25, 0.3) is 0 Å². The first-order valence-electron chi connectivity index (χ1n) is 7.91. The van der Waals surface area contributed by atoms with Crippen LogP contribution in [0.3, 0.4) is 0 Å². The second-order valence-corrected chi connectivity index (χ2v) is 5.15. The van der Waals surface area contributed by atoms with E-state index in [9.17, 15) is 9.59 Å². The molecular weight excluding hydrogens is 308 g/mol. The number of esters is 2. The van der Waals surface area contributed by atoms with E-state index in [4.69, 9.17) is 14.2 Å². The minimum atomic E-state index is -1.48. The van der Waals surface area contributed by atoms with Gasteiger partial charge in [-0.25, -0.2) is 0 Å². The Balaban J connectivity index is 3.32. The summed E-state index contributed by atoms with van der Waals surface area (Å²) in [5.41, 5.74) is -0.713. The Morgan fingerprint density at radius 1 is 1.12 bits per heavy atom. The van der Waals surface area contributed by atoms with E-state index in [2.05, 4.69) is 11.8 Å². The molecule has 1 aromatic rings.